The molecule has 0 saturated heterocycles. The molecule has 0 radical (unpaired) electrons. The normalized spacial score (nSPS) is 14.2. The van der Waals surface area contributed by atoms with E-state index in [1.165, 1.54) is 12.1 Å². The summed E-state index contributed by atoms with van der Waals surface area (Å²) in [5, 5.41) is 11.2. The standard InChI is InChI=1S/C16H16ClFO/c1-11-9-15(18)8-3-12(11)10-16(2,19)13-4-6-14(17)7-5-13/h3-9,19H,10H2,1-2H3. The van der Waals surface area contributed by atoms with Crippen molar-refractivity contribution in [3.8, 4) is 0 Å². The van der Waals surface area contributed by atoms with E-state index in [0.717, 1.165) is 16.7 Å². The summed E-state index contributed by atoms with van der Waals surface area (Å²) in [6, 6.07) is 11.7. The van der Waals surface area contributed by atoms with Crippen molar-refractivity contribution < 1.29 is 9.50 Å². The lowest BCUT2D eigenvalue weighted by Gasteiger charge is -2.25. The summed E-state index contributed by atoms with van der Waals surface area (Å²) in [6.45, 7) is 3.59. The highest BCUT2D eigenvalue weighted by molar-refractivity contribution is 6.30. The second-order valence-corrected chi connectivity index (χ2v) is 5.46. The van der Waals surface area contributed by atoms with Crippen LogP contribution < -0.4 is 0 Å². The van der Waals surface area contributed by atoms with Crippen LogP contribution in [-0.2, 0) is 12.0 Å². The molecule has 100 valence electrons. The molecule has 0 saturated carbocycles. The Kier molecular flexibility index (Phi) is 3.93. The molecule has 0 bridgehead atoms. The summed E-state index contributed by atoms with van der Waals surface area (Å²) < 4.78 is 13.1. The third-order valence-electron chi connectivity index (χ3n) is 3.31. The summed E-state index contributed by atoms with van der Waals surface area (Å²) in [4.78, 5) is 0. The Hall–Kier alpha value is -1.38. The molecule has 3 heteroatoms. The zero-order chi connectivity index (χ0) is 14.0. The van der Waals surface area contributed by atoms with Crippen molar-refractivity contribution in [1.82, 2.24) is 0 Å². The molecule has 0 amide bonds. The Morgan fingerprint density at radius 3 is 2.37 bits per heavy atom. The molecular formula is C16H16ClFO. The van der Waals surface area contributed by atoms with Crippen LogP contribution in [0.5, 0.6) is 0 Å². The molecule has 0 fully saturated rings. The van der Waals surface area contributed by atoms with Crippen LogP contribution >= 0.6 is 11.6 Å². The SMILES string of the molecule is Cc1cc(F)ccc1CC(C)(O)c1ccc(Cl)cc1. The molecule has 2 aromatic rings. The van der Waals surface area contributed by atoms with E-state index in [2.05, 4.69) is 0 Å². The van der Waals surface area contributed by atoms with Crippen LogP contribution in [0.15, 0.2) is 42.5 Å². The Morgan fingerprint density at radius 1 is 1.16 bits per heavy atom. The van der Waals surface area contributed by atoms with Gasteiger partial charge in [0, 0.05) is 11.4 Å². The molecule has 0 heterocycles. The number of halogens is 2. The molecular weight excluding hydrogens is 263 g/mol. The smallest absolute Gasteiger partial charge is 0.123 e. The Morgan fingerprint density at radius 2 is 1.79 bits per heavy atom. The van der Waals surface area contributed by atoms with E-state index in [9.17, 15) is 9.50 Å². The van der Waals surface area contributed by atoms with Crippen molar-refractivity contribution in [2.24, 2.45) is 0 Å². The van der Waals surface area contributed by atoms with E-state index < -0.39 is 5.60 Å². The molecule has 1 atom stereocenters. The zero-order valence-corrected chi connectivity index (χ0v) is 11.7. The number of benzene rings is 2. The Balaban J connectivity index is 2.27. The van der Waals surface area contributed by atoms with E-state index in [0.29, 0.717) is 11.4 Å². The van der Waals surface area contributed by atoms with Gasteiger partial charge in [-0.05, 0) is 54.8 Å². The van der Waals surface area contributed by atoms with E-state index in [1.54, 1.807) is 37.3 Å². The van der Waals surface area contributed by atoms with E-state index in [-0.39, 0.29) is 5.82 Å². The topological polar surface area (TPSA) is 20.2 Å². The summed E-state index contributed by atoms with van der Waals surface area (Å²) in [5.74, 6) is -0.257. The Bertz CT molecular complexity index is 576. The summed E-state index contributed by atoms with van der Waals surface area (Å²) >= 11 is 5.84. The minimum atomic E-state index is -1.01. The molecule has 1 unspecified atom stereocenters. The first kappa shape index (κ1) is 14.0. The average molecular weight is 279 g/mol. The fourth-order valence-electron chi connectivity index (χ4n) is 2.14. The highest BCUT2D eigenvalue weighted by atomic mass is 35.5. The molecule has 0 aliphatic rings. The fourth-order valence-corrected chi connectivity index (χ4v) is 2.27. The van der Waals surface area contributed by atoms with Crippen LogP contribution in [0.3, 0.4) is 0 Å². The largest absolute Gasteiger partial charge is 0.385 e. The zero-order valence-electron chi connectivity index (χ0n) is 11.0. The molecule has 2 aromatic carbocycles. The minimum absolute atomic E-state index is 0.257. The number of aliphatic hydroxyl groups is 1. The monoisotopic (exact) mass is 278 g/mol. The molecule has 0 aromatic heterocycles. The number of hydrogen-bond acceptors (Lipinski definition) is 1. The van der Waals surface area contributed by atoms with Gasteiger partial charge in [0.2, 0.25) is 0 Å². The van der Waals surface area contributed by atoms with Gasteiger partial charge in [-0.25, -0.2) is 4.39 Å². The number of aryl methyl sites for hydroxylation is 1. The molecule has 0 aliphatic carbocycles. The van der Waals surface area contributed by atoms with Crippen LogP contribution in [0.4, 0.5) is 4.39 Å². The second-order valence-electron chi connectivity index (χ2n) is 5.03. The van der Waals surface area contributed by atoms with Gasteiger partial charge in [-0.3, -0.25) is 0 Å². The third-order valence-corrected chi connectivity index (χ3v) is 3.56. The van der Waals surface area contributed by atoms with Crippen LogP contribution in [0.2, 0.25) is 5.02 Å². The molecule has 2 rings (SSSR count). The maximum Gasteiger partial charge on any atom is 0.123 e. The van der Waals surface area contributed by atoms with Gasteiger partial charge >= 0.3 is 0 Å². The van der Waals surface area contributed by atoms with Crippen LogP contribution in [0.1, 0.15) is 23.6 Å². The van der Waals surface area contributed by atoms with Crippen molar-refractivity contribution in [3.63, 3.8) is 0 Å². The van der Waals surface area contributed by atoms with Gasteiger partial charge in [0.05, 0.1) is 5.60 Å². The first-order valence-electron chi connectivity index (χ1n) is 6.12. The maximum absolute atomic E-state index is 13.1. The lowest BCUT2D eigenvalue weighted by atomic mass is 9.87. The van der Waals surface area contributed by atoms with E-state index >= 15 is 0 Å². The first-order chi connectivity index (χ1) is 8.88. The fraction of sp³-hybridized carbons (Fsp3) is 0.250. The van der Waals surface area contributed by atoms with Gasteiger partial charge in [-0.2, -0.15) is 0 Å². The highest BCUT2D eigenvalue weighted by Gasteiger charge is 2.24. The quantitative estimate of drug-likeness (QED) is 0.890. The molecule has 0 aliphatic heterocycles. The summed E-state index contributed by atoms with van der Waals surface area (Å²) in [5.41, 5.74) is 1.56. The third kappa shape index (κ3) is 3.34. The maximum atomic E-state index is 13.1. The van der Waals surface area contributed by atoms with Crippen LogP contribution in [0, 0.1) is 12.7 Å². The molecule has 1 nitrogen and oxygen atoms in total. The van der Waals surface area contributed by atoms with Gasteiger partial charge in [-0.15, -0.1) is 0 Å². The van der Waals surface area contributed by atoms with Crippen LogP contribution in [-0.4, -0.2) is 5.11 Å². The second kappa shape index (κ2) is 5.32. The van der Waals surface area contributed by atoms with Gasteiger partial charge in [0.15, 0.2) is 0 Å². The van der Waals surface area contributed by atoms with E-state index in [4.69, 9.17) is 11.6 Å². The summed E-state index contributed by atoms with van der Waals surface area (Å²) in [6.07, 6.45) is 0.431. The van der Waals surface area contributed by atoms with Crippen LogP contribution in [0.25, 0.3) is 0 Å². The predicted molar refractivity (Wildman–Crippen MR) is 75.9 cm³/mol. The summed E-state index contributed by atoms with van der Waals surface area (Å²) in [7, 11) is 0. The molecule has 0 spiro atoms. The lowest BCUT2D eigenvalue weighted by Crippen LogP contribution is -2.24. The Labute approximate surface area is 117 Å². The van der Waals surface area contributed by atoms with Gasteiger partial charge in [-0.1, -0.05) is 29.8 Å². The van der Waals surface area contributed by atoms with Gasteiger partial charge < -0.3 is 5.11 Å². The average Bonchev–Trinajstić information content (AvgIpc) is 2.33. The highest BCUT2D eigenvalue weighted by Crippen LogP contribution is 2.27. The van der Waals surface area contributed by atoms with Crippen molar-refractivity contribution >= 4 is 11.6 Å². The minimum Gasteiger partial charge on any atom is -0.385 e. The van der Waals surface area contributed by atoms with E-state index in [1.807, 2.05) is 6.92 Å². The number of hydrogen-bond donors (Lipinski definition) is 1. The van der Waals surface area contributed by atoms with Crippen molar-refractivity contribution in [2.75, 3.05) is 0 Å². The van der Waals surface area contributed by atoms with Gasteiger partial charge in [0.1, 0.15) is 5.82 Å². The predicted octanol–water partition coefficient (Wildman–Crippen LogP) is 4.24. The van der Waals surface area contributed by atoms with Crippen molar-refractivity contribution in [1.29, 1.82) is 0 Å². The van der Waals surface area contributed by atoms with Crippen molar-refractivity contribution in [3.05, 3.63) is 70.0 Å². The first-order valence-corrected chi connectivity index (χ1v) is 6.50. The molecule has 19 heavy (non-hydrogen) atoms. The molecule has 1 N–H and O–H groups in total. The van der Waals surface area contributed by atoms with Crippen molar-refractivity contribution in [2.45, 2.75) is 25.9 Å². The lowest BCUT2D eigenvalue weighted by molar-refractivity contribution is 0.0574. The number of rotatable bonds is 3. The van der Waals surface area contributed by atoms with Gasteiger partial charge in [0.25, 0.3) is 0 Å².